The number of allylic oxidation sites excluding steroid dienone is 4. The molecular formula is C22H30FO8P. The second-order valence-electron chi connectivity index (χ2n) is 10.4. The maximum Gasteiger partial charge on any atom is 0.469 e. The summed E-state index contributed by atoms with van der Waals surface area (Å²) in [7, 11) is -4.93. The number of hydrogen-bond donors (Lipinski definition) is 4. The molecule has 0 amide bonds. The van der Waals surface area contributed by atoms with E-state index in [-0.39, 0.29) is 18.6 Å². The molecule has 0 bridgehead atoms. The Morgan fingerprint density at radius 2 is 1.91 bits per heavy atom. The molecule has 0 saturated heterocycles. The summed E-state index contributed by atoms with van der Waals surface area (Å²) in [5.41, 5.74) is -6.12. The van der Waals surface area contributed by atoms with Gasteiger partial charge >= 0.3 is 7.82 Å². The first-order valence-electron chi connectivity index (χ1n) is 10.9. The Hall–Kier alpha value is -1.22. The van der Waals surface area contributed by atoms with E-state index in [1.54, 1.807) is 20.8 Å². The van der Waals surface area contributed by atoms with Crippen LogP contribution in [-0.4, -0.2) is 55.5 Å². The number of ketones is 2. The van der Waals surface area contributed by atoms with Crippen molar-refractivity contribution in [3.63, 3.8) is 0 Å². The smallest absolute Gasteiger partial charge is 0.390 e. The molecule has 3 unspecified atom stereocenters. The van der Waals surface area contributed by atoms with Crippen molar-refractivity contribution in [3.8, 4) is 0 Å². The van der Waals surface area contributed by atoms with E-state index in [1.807, 2.05) is 0 Å². The maximum atomic E-state index is 17.0. The number of carbonyl (C=O) groups is 2. The lowest BCUT2D eigenvalue weighted by atomic mass is 9.41. The highest BCUT2D eigenvalue weighted by atomic mass is 31.2. The summed E-state index contributed by atoms with van der Waals surface area (Å²) in [4.78, 5) is 43.6. The molecule has 10 heteroatoms. The highest BCUT2D eigenvalue weighted by Crippen LogP contribution is 2.67. The van der Waals surface area contributed by atoms with Crippen molar-refractivity contribution in [1.29, 1.82) is 0 Å². The Kier molecular flexibility index (Phi) is 5.34. The SMILES string of the molecule is C[C@@H]1CC2C3CCC4=CC(=O)C=C[C@]4(C)[C@@]3(F)[C@@H](O)C[C@]2(C)C(=O)C1(O)COP(=O)(O)O. The van der Waals surface area contributed by atoms with Crippen molar-refractivity contribution >= 4 is 19.4 Å². The van der Waals surface area contributed by atoms with Gasteiger partial charge in [0.15, 0.2) is 17.2 Å². The Morgan fingerprint density at radius 3 is 2.53 bits per heavy atom. The largest absolute Gasteiger partial charge is 0.469 e. The van der Waals surface area contributed by atoms with Crippen LogP contribution in [0, 0.1) is 28.6 Å². The normalized spacial score (nSPS) is 48.6. The fraction of sp³-hybridized carbons (Fsp3) is 0.727. The van der Waals surface area contributed by atoms with Crippen molar-refractivity contribution in [2.75, 3.05) is 6.61 Å². The summed E-state index contributed by atoms with van der Waals surface area (Å²) in [6.07, 6.45) is 3.52. The minimum Gasteiger partial charge on any atom is -0.390 e. The van der Waals surface area contributed by atoms with Gasteiger partial charge in [0.25, 0.3) is 0 Å². The van der Waals surface area contributed by atoms with Gasteiger partial charge in [-0.2, -0.15) is 0 Å². The lowest BCUT2D eigenvalue weighted by Gasteiger charge is -2.64. The predicted octanol–water partition coefficient (Wildman–Crippen LogP) is 2.01. The predicted molar refractivity (Wildman–Crippen MR) is 111 cm³/mol. The van der Waals surface area contributed by atoms with Gasteiger partial charge in [-0.25, -0.2) is 8.96 Å². The van der Waals surface area contributed by atoms with Gasteiger partial charge in [0.05, 0.1) is 12.7 Å². The monoisotopic (exact) mass is 472 g/mol. The van der Waals surface area contributed by atoms with E-state index < -0.39 is 66.2 Å². The van der Waals surface area contributed by atoms with E-state index in [2.05, 4.69) is 4.52 Å². The van der Waals surface area contributed by atoms with Gasteiger partial charge in [-0.15, -0.1) is 0 Å². The number of Topliss-reactive ketones (excluding diaryl/α,β-unsaturated/α-hetero) is 1. The second-order valence-corrected chi connectivity index (χ2v) is 11.7. The maximum absolute atomic E-state index is 17.0. The fourth-order valence-electron chi connectivity index (χ4n) is 6.94. The Labute approximate surface area is 185 Å². The van der Waals surface area contributed by atoms with E-state index in [1.165, 1.54) is 18.2 Å². The number of alkyl halides is 1. The van der Waals surface area contributed by atoms with Crippen LogP contribution in [0.1, 0.15) is 46.5 Å². The number of aliphatic hydroxyl groups excluding tert-OH is 1. The average Bonchev–Trinajstić information content (AvgIpc) is 2.69. The Bertz CT molecular complexity index is 973. The number of hydrogen-bond acceptors (Lipinski definition) is 6. The molecule has 0 aliphatic heterocycles. The zero-order valence-corrected chi connectivity index (χ0v) is 19.2. The zero-order valence-electron chi connectivity index (χ0n) is 18.3. The molecule has 0 spiro atoms. The summed E-state index contributed by atoms with van der Waals surface area (Å²) >= 11 is 0. The lowest BCUT2D eigenvalue weighted by molar-refractivity contribution is -0.225. The molecule has 8 nitrogen and oxygen atoms in total. The van der Waals surface area contributed by atoms with Crippen LogP contribution in [0.3, 0.4) is 0 Å². The van der Waals surface area contributed by atoms with Gasteiger partial charge in [-0.1, -0.05) is 25.5 Å². The minimum atomic E-state index is -4.93. The average molecular weight is 472 g/mol. The number of phosphoric ester groups is 1. The molecule has 4 aliphatic carbocycles. The second kappa shape index (κ2) is 7.14. The minimum absolute atomic E-state index is 0.216. The Morgan fingerprint density at radius 1 is 1.25 bits per heavy atom. The number of rotatable bonds is 3. The summed E-state index contributed by atoms with van der Waals surface area (Å²) in [6.45, 7) is 3.97. The molecule has 4 rings (SSSR count). The van der Waals surface area contributed by atoms with E-state index >= 15 is 4.39 Å². The quantitative estimate of drug-likeness (QED) is 0.457. The molecule has 0 heterocycles. The number of carbonyl (C=O) groups excluding carboxylic acids is 2. The van der Waals surface area contributed by atoms with Crippen LogP contribution >= 0.6 is 7.82 Å². The first kappa shape index (κ1) is 23.9. The molecule has 178 valence electrons. The molecular weight excluding hydrogens is 442 g/mol. The van der Waals surface area contributed by atoms with Crippen LogP contribution in [0.5, 0.6) is 0 Å². The van der Waals surface area contributed by atoms with Crippen LogP contribution in [0.2, 0.25) is 0 Å². The van der Waals surface area contributed by atoms with Crippen molar-refractivity contribution < 1.29 is 43.1 Å². The van der Waals surface area contributed by atoms with Crippen molar-refractivity contribution in [2.45, 2.75) is 63.8 Å². The number of phosphoric acid groups is 1. The molecule has 4 N–H and O–H groups in total. The summed E-state index contributed by atoms with van der Waals surface area (Å²) < 4.78 is 32.7. The van der Waals surface area contributed by atoms with Crippen LogP contribution < -0.4 is 0 Å². The van der Waals surface area contributed by atoms with Gasteiger partial charge in [-0.05, 0) is 56.6 Å². The standard InChI is InChI=1S/C22H30FO8P/c1-12-8-16-15-5-4-13-9-14(24)6-7-20(13,3)22(15,23)17(25)10-19(16,2)18(26)21(12,27)11-31-32(28,29)30/h6-7,9,12,15-17,25,27H,4-5,8,10-11H2,1-3H3,(H2,28,29,30)/t12-,15?,16?,17+,19+,20+,21?,22+/m1/s1. The van der Waals surface area contributed by atoms with E-state index in [0.29, 0.717) is 18.4 Å². The van der Waals surface area contributed by atoms with Crippen LogP contribution in [0.25, 0.3) is 0 Å². The van der Waals surface area contributed by atoms with E-state index in [0.717, 1.165) is 0 Å². The van der Waals surface area contributed by atoms with Gasteiger partial charge in [0, 0.05) is 16.7 Å². The zero-order chi connectivity index (χ0) is 23.9. The molecule has 0 aromatic carbocycles. The molecule has 0 aromatic rings. The fourth-order valence-corrected chi connectivity index (χ4v) is 7.31. The molecule has 0 aromatic heterocycles. The summed E-state index contributed by atoms with van der Waals surface area (Å²) in [5.74, 6) is -2.85. The number of aliphatic hydroxyl groups is 2. The molecule has 3 fully saturated rings. The third-order valence-corrected chi connectivity index (χ3v) is 9.28. The third-order valence-electron chi connectivity index (χ3n) is 8.82. The van der Waals surface area contributed by atoms with Crippen LogP contribution in [0.15, 0.2) is 23.8 Å². The lowest BCUT2D eigenvalue weighted by Crippen LogP contribution is -2.72. The molecule has 8 atom stereocenters. The summed E-state index contributed by atoms with van der Waals surface area (Å²) in [6, 6.07) is 0. The van der Waals surface area contributed by atoms with Crippen LogP contribution in [-0.2, 0) is 18.7 Å². The third kappa shape index (κ3) is 3.09. The molecule has 3 saturated carbocycles. The highest BCUT2D eigenvalue weighted by Gasteiger charge is 2.72. The van der Waals surface area contributed by atoms with Crippen LogP contribution in [0.4, 0.5) is 4.39 Å². The topological polar surface area (TPSA) is 141 Å². The molecule has 0 radical (unpaired) electrons. The van der Waals surface area contributed by atoms with Gasteiger partial charge in [0.2, 0.25) is 0 Å². The summed E-state index contributed by atoms with van der Waals surface area (Å²) in [5, 5.41) is 22.3. The van der Waals surface area contributed by atoms with E-state index in [9.17, 15) is 24.4 Å². The van der Waals surface area contributed by atoms with Gasteiger partial charge in [0.1, 0.15) is 5.60 Å². The Balaban J connectivity index is 1.74. The van der Waals surface area contributed by atoms with E-state index in [4.69, 9.17) is 9.79 Å². The van der Waals surface area contributed by atoms with Crippen molar-refractivity contribution in [3.05, 3.63) is 23.8 Å². The molecule has 4 aliphatic rings. The van der Waals surface area contributed by atoms with Gasteiger partial charge < -0.3 is 20.0 Å². The van der Waals surface area contributed by atoms with Gasteiger partial charge in [-0.3, -0.25) is 14.1 Å². The van der Waals surface area contributed by atoms with Crippen molar-refractivity contribution in [1.82, 2.24) is 0 Å². The first-order chi connectivity index (χ1) is 14.6. The number of halogens is 1. The first-order valence-corrected chi connectivity index (χ1v) is 12.4. The molecule has 32 heavy (non-hydrogen) atoms. The number of fused-ring (bicyclic) bond motifs is 5. The van der Waals surface area contributed by atoms with Crippen molar-refractivity contribution in [2.24, 2.45) is 28.6 Å². The highest BCUT2D eigenvalue weighted by molar-refractivity contribution is 7.46.